The van der Waals surface area contributed by atoms with Crippen molar-refractivity contribution < 1.29 is 19.4 Å². The van der Waals surface area contributed by atoms with Crippen LogP contribution in [0.25, 0.3) is 5.76 Å². The highest BCUT2D eigenvalue weighted by atomic mass is 16.5. The number of ketones is 1. The largest absolute Gasteiger partial charge is 0.507 e. The van der Waals surface area contributed by atoms with Crippen LogP contribution in [-0.4, -0.2) is 60.4 Å². The van der Waals surface area contributed by atoms with Crippen LogP contribution in [0.1, 0.15) is 41.6 Å². The van der Waals surface area contributed by atoms with Gasteiger partial charge in [-0.2, -0.15) is 0 Å². The van der Waals surface area contributed by atoms with E-state index in [4.69, 9.17) is 4.74 Å². The first-order valence-electron chi connectivity index (χ1n) is 11.0. The molecule has 1 amide bonds. The smallest absolute Gasteiger partial charge is 0.295 e. The number of hydrogen-bond acceptors (Lipinski definition) is 5. The third kappa shape index (κ3) is 4.86. The van der Waals surface area contributed by atoms with Crippen LogP contribution in [-0.2, 0) is 9.59 Å². The number of likely N-dealkylation sites (tertiary alicyclic amines) is 1. The average molecular weight is 437 g/mol. The first-order chi connectivity index (χ1) is 15.2. The highest BCUT2D eigenvalue weighted by Gasteiger charge is 2.45. The molecule has 32 heavy (non-hydrogen) atoms. The summed E-state index contributed by atoms with van der Waals surface area (Å²) >= 11 is 0. The molecule has 0 saturated carbocycles. The van der Waals surface area contributed by atoms with Crippen molar-refractivity contribution in [3.63, 3.8) is 0 Å². The molecule has 1 saturated heterocycles. The first kappa shape index (κ1) is 23.5. The zero-order valence-corrected chi connectivity index (χ0v) is 19.5. The maximum absolute atomic E-state index is 13.1. The van der Waals surface area contributed by atoms with E-state index in [1.54, 1.807) is 23.1 Å². The fraction of sp³-hybridized carbons (Fsp3) is 0.385. The standard InChI is InChI=1S/C26H32N2O4/c1-6-32-21-12-11-20(16-18(21)3)24(29)22-23(19-10-7-9-17(2)15-19)28(26(31)25(22)30)14-8-13-27(4)5/h7,9-12,15-16,23,29H,6,8,13-14H2,1-5H3/b24-22-. The number of aryl methyl sites for hydroxylation is 2. The molecule has 1 heterocycles. The molecule has 0 radical (unpaired) electrons. The Hall–Kier alpha value is -3.12. The van der Waals surface area contributed by atoms with Crippen molar-refractivity contribution in [1.29, 1.82) is 0 Å². The molecule has 1 fully saturated rings. The SMILES string of the molecule is CCOc1ccc(/C(O)=C2/C(=O)C(=O)N(CCCN(C)C)C2c2cccc(C)c2)cc1C. The lowest BCUT2D eigenvalue weighted by molar-refractivity contribution is -0.139. The Morgan fingerprint density at radius 1 is 1.12 bits per heavy atom. The monoisotopic (exact) mass is 436 g/mol. The molecule has 6 nitrogen and oxygen atoms in total. The van der Waals surface area contributed by atoms with Crippen molar-refractivity contribution in [2.45, 2.75) is 33.2 Å². The predicted octanol–water partition coefficient (Wildman–Crippen LogP) is 4.08. The molecule has 1 unspecified atom stereocenters. The number of aliphatic hydroxyl groups is 1. The van der Waals surface area contributed by atoms with Crippen molar-refractivity contribution in [3.8, 4) is 5.75 Å². The molecule has 6 heteroatoms. The topological polar surface area (TPSA) is 70.1 Å². The molecule has 2 aromatic carbocycles. The Balaban J connectivity index is 2.09. The van der Waals surface area contributed by atoms with Crippen LogP contribution >= 0.6 is 0 Å². The van der Waals surface area contributed by atoms with Crippen LogP contribution in [0.3, 0.4) is 0 Å². The Kier molecular flexibility index (Phi) is 7.36. The molecule has 0 bridgehead atoms. The number of carbonyl (C=O) groups is 2. The Morgan fingerprint density at radius 2 is 1.88 bits per heavy atom. The van der Waals surface area contributed by atoms with E-state index >= 15 is 0 Å². The number of amides is 1. The number of ether oxygens (including phenoxy) is 1. The Labute approximate surface area is 190 Å². The van der Waals surface area contributed by atoms with Gasteiger partial charge in [-0.05, 0) is 77.2 Å². The zero-order chi connectivity index (χ0) is 23.4. The number of rotatable bonds is 8. The maximum atomic E-state index is 13.1. The number of hydrogen-bond donors (Lipinski definition) is 1. The summed E-state index contributed by atoms with van der Waals surface area (Å²) in [5, 5.41) is 11.2. The average Bonchev–Trinajstić information content (AvgIpc) is 2.99. The van der Waals surface area contributed by atoms with Gasteiger partial charge in [-0.15, -0.1) is 0 Å². The predicted molar refractivity (Wildman–Crippen MR) is 126 cm³/mol. The summed E-state index contributed by atoms with van der Waals surface area (Å²) in [5.41, 5.74) is 3.32. The summed E-state index contributed by atoms with van der Waals surface area (Å²) in [4.78, 5) is 29.7. The molecule has 1 N–H and O–H groups in total. The molecule has 2 aromatic rings. The third-order valence-electron chi connectivity index (χ3n) is 5.65. The van der Waals surface area contributed by atoms with Gasteiger partial charge in [-0.25, -0.2) is 0 Å². The molecule has 0 aromatic heterocycles. The normalized spacial score (nSPS) is 17.9. The minimum atomic E-state index is -0.648. The van der Waals surface area contributed by atoms with Crippen LogP contribution in [0, 0.1) is 13.8 Å². The molecule has 1 aliphatic heterocycles. The van der Waals surface area contributed by atoms with Gasteiger partial charge in [0.05, 0.1) is 18.2 Å². The van der Waals surface area contributed by atoms with Gasteiger partial charge < -0.3 is 19.6 Å². The van der Waals surface area contributed by atoms with Gasteiger partial charge in [0.25, 0.3) is 11.7 Å². The van der Waals surface area contributed by atoms with Crippen LogP contribution in [0.2, 0.25) is 0 Å². The number of aliphatic hydroxyl groups excluding tert-OH is 1. The highest BCUT2D eigenvalue weighted by Crippen LogP contribution is 2.40. The molecular formula is C26H32N2O4. The van der Waals surface area contributed by atoms with Gasteiger partial charge in [0.2, 0.25) is 0 Å². The summed E-state index contributed by atoms with van der Waals surface area (Å²) in [7, 11) is 3.95. The second-order valence-electron chi connectivity index (χ2n) is 8.48. The lowest BCUT2D eigenvalue weighted by Gasteiger charge is -2.26. The Morgan fingerprint density at radius 3 is 2.50 bits per heavy atom. The maximum Gasteiger partial charge on any atom is 0.295 e. The van der Waals surface area contributed by atoms with Crippen LogP contribution < -0.4 is 4.74 Å². The van der Waals surface area contributed by atoms with E-state index in [1.807, 2.05) is 64.0 Å². The molecule has 170 valence electrons. The number of Topliss-reactive ketones (excluding diaryl/α,β-unsaturated/α-hetero) is 1. The van der Waals surface area contributed by atoms with Gasteiger partial charge in [-0.1, -0.05) is 29.8 Å². The number of carbonyl (C=O) groups excluding carboxylic acids is 2. The summed E-state index contributed by atoms with van der Waals surface area (Å²) in [6.45, 7) is 7.53. The molecule has 0 aliphatic carbocycles. The van der Waals surface area contributed by atoms with Crippen molar-refractivity contribution in [2.24, 2.45) is 0 Å². The minimum absolute atomic E-state index is 0.133. The fourth-order valence-electron chi connectivity index (χ4n) is 4.12. The van der Waals surface area contributed by atoms with E-state index in [0.29, 0.717) is 18.7 Å². The molecule has 3 rings (SSSR count). The van der Waals surface area contributed by atoms with Gasteiger partial charge in [0.15, 0.2) is 0 Å². The fourth-order valence-corrected chi connectivity index (χ4v) is 4.12. The third-order valence-corrected chi connectivity index (χ3v) is 5.65. The van der Waals surface area contributed by atoms with Crippen molar-refractivity contribution >= 4 is 17.4 Å². The van der Waals surface area contributed by atoms with Crippen molar-refractivity contribution in [3.05, 3.63) is 70.3 Å². The van der Waals surface area contributed by atoms with Crippen molar-refractivity contribution in [1.82, 2.24) is 9.80 Å². The molecule has 0 spiro atoms. The van der Waals surface area contributed by atoms with Gasteiger partial charge in [0, 0.05) is 12.1 Å². The number of benzene rings is 2. The summed E-state index contributed by atoms with van der Waals surface area (Å²) in [5.74, 6) is -0.649. The first-order valence-corrected chi connectivity index (χ1v) is 11.0. The van der Waals surface area contributed by atoms with E-state index in [1.165, 1.54) is 0 Å². The highest BCUT2D eigenvalue weighted by molar-refractivity contribution is 6.46. The van der Waals surface area contributed by atoms with E-state index in [0.717, 1.165) is 35.4 Å². The van der Waals surface area contributed by atoms with Gasteiger partial charge >= 0.3 is 0 Å². The molecule has 1 aliphatic rings. The Bertz CT molecular complexity index is 1040. The van der Waals surface area contributed by atoms with Gasteiger partial charge in [-0.3, -0.25) is 9.59 Å². The molecular weight excluding hydrogens is 404 g/mol. The van der Waals surface area contributed by atoms with E-state index in [2.05, 4.69) is 0 Å². The quantitative estimate of drug-likeness (QED) is 0.384. The molecule has 1 atom stereocenters. The zero-order valence-electron chi connectivity index (χ0n) is 19.5. The second kappa shape index (κ2) is 10.0. The van der Waals surface area contributed by atoms with Crippen LogP contribution in [0.5, 0.6) is 5.75 Å². The van der Waals surface area contributed by atoms with Crippen LogP contribution in [0.4, 0.5) is 0 Å². The minimum Gasteiger partial charge on any atom is -0.507 e. The van der Waals surface area contributed by atoms with Gasteiger partial charge in [0.1, 0.15) is 11.5 Å². The lowest BCUT2D eigenvalue weighted by Crippen LogP contribution is -2.32. The van der Waals surface area contributed by atoms with E-state index in [9.17, 15) is 14.7 Å². The number of nitrogens with zero attached hydrogens (tertiary/aromatic N) is 2. The second-order valence-corrected chi connectivity index (χ2v) is 8.48. The summed E-state index contributed by atoms with van der Waals surface area (Å²) < 4.78 is 5.59. The van der Waals surface area contributed by atoms with E-state index < -0.39 is 17.7 Å². The van der Waals surface area contributed by atoms with Crippen molar-refractivity contribution in [2.75, 3.05) is 33.8 Å². The van der Waals surface area contributed by atoms with E-state index in [-0.39, 0.29) is 11.3 Å². The summed E-state index contributed by atoms with van der Waals surface area (Å²) in [6, 6.07) is 12.4. The van der Waals surface area contributed by atoms with Crippen LogP contribution in [0.15, 0.2) is 48.0 Å². The summed E-state index contributed by atoms with van der Waals surface area (Å²) in [6.07, 6.45) is 0.727. The lowest BCUT2D eigenvalue weighted by atomic mass is 9.94.